The Morgan fingerprint density at radius 3 is 2.56 bits per heavy atom. The van der Waals surface area contributed by atoms with Crippen molar-refractivity contribution in [2.24, 2.45) is 0 Å². The van der Waals surface area contributed by atoms with Gasteiger partial charge in [-0.15, -0.1) is 6.58 Å². The molecule has 0 saturated carbocycles. The van der Waals surface area contributed by atoms with Crippen LogP contribution in [0.1, 0.15) is 42.1 Å². The summed E-state index contributed by atoms with van der Waals surface area (Å²) in [6.45, 7) is 8.42. The van der Waals surface area contributed by atoms with Crippen LogP contribution in [-0.2, 0) is 0 Å². The van der Waals surface area contributed by atoms with Gasteiger partial charge in [0.25, 0.3) is 5.91 Å². The van der Waals surface area contributed by atoms with Crippen molar-refractivity contribution < 1.29 is 4.79 Å². The third-order valence-corrected chi connectivity index (χ3v) is 2.76. The second kappa shape index (κ2) is 6.11. The summed E-state index contributed by atoms with van der Waals surface area (Å²) in [6.07, 6.45) is 2.79. The molecule has 86 valence electrons. The zero-order valence-corrected chi connectivity index (χ0v) is 9.99. The molecule has 0 aromatic heterocycles. The Hall–Kier alpha value is -1.57. The van der Waals surface area contributed by atoms with Gasteiger partial charge >= 0.3 is 0 Å². The molecule has 0 spiro atoms. The lowest BCUT2D eigenvalue weighted by Gasteiger charge is -2.09. The van der Waals surface area contributed by atoms with Gasteiger partial charge in [-0.1, -0.05) is 32.1 Å². The van der Waals surface area contributed by atoms with Gasteiger partial charge in [0.1, 0.15) is 0 Å². The van der Waals surface area contributed by atoms with Crippen LogP contribution in [0.3, 0.4) is 0 Å². The molecule has 1 N–H and O–H groups in total. The van der Waals surface area contributed by atoms with Gasteiger partial charge in [0, 0.05) is 12.1 Å². The minimum Gasteiger partial charge on any atom is -0.349 e. The highest BCUT2D eigenvalue weighted by molar-refractivity contribution is 5.94. The third-order valence-electron chi connectivity index (χ3n) is 2.76. The number of amides is 1. The quantitative estimate of drug-likeness (QED) is 0.754. The van der Waals surface area contributed by atoms with E-state index in [2.05, 4.69) is 25.7 Å². The lowest BCUT2D eigenvalue weighted by atomic mass is 9.97. The first kappa shape index (κ1) is 12.5. The first-order valence-electron chi connectivity index (χ1n) is 5.68. The van der Waals surface area contributed by atoms with Crippen LogP contribution in [0.2, 0.25) is 0 Å². The fraction of sp³-hybridized carbons (Fsp3) is 0.357. The Bertz CT molecular complexity index is 354. The van der Waals surface area contributed by atoms with Gasteiger partial charge in [-0.3, -0.25) is 4.79 Å². The van der Waals surface area contributed by atoms with E-state index in [0.717, 1.165) is 6.42 Å². The van der Waals surface area contributed by atoms with Crippen LogP contribution in [0.5, 0.6) is 0 Å². The molecular weight excluding hydrogens is 198 g/mol. The molecule has 0 aliphatic heterocycles. The van der Waals surface area contributed by atoms with Crippen molar-refractivity contribution in [1.29, 1.82) is 0 Å². The molecule has 0 aliphatic rings. The molecule has 0 radical (unpaired) electrons. The van der Waals surface area contributed by atoms with E-state index in [1.807, 2.05) is 24.3 Å². The van der Waals surface area contributed by atoms with Gasteiger partial charge in [0.05, 0.1) is 0 Å². The zero-order chi connectivity index (χ0) is 12.0. The highest BCUT2D eigenvalue weighted by Gasteiger charge is 2.06. The number of rotatable bonds is 5. The molecule has 2 nitrogen and oxygen atoms in total. The van der Waals surface area contributed by atoms with Gasteiger partial charge in [0.15, 0.2) is 0 Å². The van der Waals surface area contributed by atoms with Crippen LogP contribution in [0, 0.1) is 0 Å². The van der Waals surface area contributed by atoms with Gasteiger partial charge in [-0.2, -0.15) is 0 Å². The number of carbonyl (C=O) groups is 1. The minimum absolute atomic E-state index is 0.0457. The summed E-state index contributed by atoms with van der Waals surface area (Å²) < 4.78 is 0. The molecule has 2 heteroatoms. The van der Waals surface area contributed by atoms with Crippen molar-refractivity contribution in [1.82, 2.24) is 5.32 Å². The van der Waals surface area contributed by atoms with E-state index < -0.39 is 0 Å². The zero-order valence-electron chi connectivity index (χ0n) is 9.99. The molecule has 1 aromatic carbocycles. The summed E-state index contributed by atoms with van der Waals surface area (Å²) in [4.78, 5) is 11.6. The number of carbonyl (C=O) groups excluding carboxylic acids is 1. The van der Waals surface area contributed by atoms with E-state index in [9.17, 15) is 4.79 Å². The molecule has 1 rings (SSSR count). The van der Waals surface area contributed by atoms with E-state index in [1.165, 1.54) is 5.56 Å². The number of hydrogen-bond donors (Lipinski definition) is 1. The summed E-state index contributed by atoms with van der Waals surface area (Å²) in [6, 6.07) is 7.80. The van der Waals surface area contributed by atoms with Gasteiger partial charge in [0.2, 0.25) is 0 Å². The average molecular weight is 217 g/mol. The predicted molar refractivity (Wildman–Crippen MR) is 67.7 cm³/mol. The average Bonchev–Trinajstić information content (AvgIpc) is 2.35. The van der Waals surface area contributed by atoms with E-state index >= 15 is 0 Å². The van der Waals surface area contributed by atoms with Crippen LogP contribution in [-0.4, -0.2) is 12.5 Å². The topological polar surface area (TPSA) is 29.1 Å². The maximum Gasteiger partial charge on any atom is 0.251 e. The molecule has 0 bridgehead atoms. The van der Waals surface area contributed by atoms with Gasteiger partial charge < -0.3 is 5.32 Å². The number of hydrogen-bond acceptors (Lipinski definition) is 1. The predicted octanol–water partition coefficient (Wildman–Crippen LogP) is 3.12. The van der Waals surface area contributed by atoms with E-state index in [4.69, 9.17) is 0 Å². The smallest absolute Gasteiger partial charge is 0.251 e. The maximum atomic E-state index is 11.6. The Labute approximate surface area is 97.4 Å². The Kier molecular flexibility index (Phi) is 4.77. The van der Waals surface area contributed by atoms with Crippen LogP contribution >= 0.6 is 0 Å². The van der Waals surface area contributed by atoms with Gasteiger partial charge in [-0.25, -0.2) is 0 Å². The molecule has 0 heterocycles. The molecule has 1 unspecified atom stereocenters. The van der Waals surface area contributed by atoms with Crippen molar-refractivity contribution >= 4 is 5.91 Å². The largest absolute Gasteiger partial charge is 0.349 e. The Morgan fingerprint density at radius 1 is 1.44 bits per heavy atom. The molecule has 0 aliphatic carbocycles. The molecular formula is C14H19NO. The highest BCUT2D eigenvalue weighted by Crippen LogP contribution is 2.18. The van der Waals surface area contributed by atoms with Crippen LogP contribution in [0.15, 0.2) is 36.9 Å². The maximum absolute atomic E-state index is 11.6. The Balaban J connectivity index is 2.70. The van der Waals surface area contributed by atoms with E-state index in [1.54, 1.807) is 6.08 Å². The van der Waals surface area contributed by atoms with E-state index in [0.29, 0.717) is 18.0 Å². The van der Waals surface area contributed by atoms with Crippen molar-refractivity contribution in [3.05, 3.63) is 48.0 Å². The fourth-order valence-corrected chi connectivity index (χ4v) is 1.47. The minimum atomic E-state index is -0.0457. The summed E-state index contributed by atoms with van der Waals surface area (Å²) in [5.74, 6) is 0.501. The van der Waals surface area contributed by atoms with Crippen molar-refractivity contribution in [3.63, 3.8) is 0 Å². The second-order valence-corrected chi connectivity index (χ2v) is 3.93. The van der Waals surface area contributed by atoms with E-state index in [-0.39, 0.29) is 5.91 Å². The lowest BCUT2D eigenvalue weighted by Crippen LogP contribution is -2.23. The summed E-state index contributed by atoms with van der Waals surface area (Å²) >= 11 is 0. The Morgan fingerprint density at radius 2 is 2.06 bits per heavy atom. The fourth-order valence-electron chi connectivity index (χ4n) is 1.47. The van der Waals surface area contributed by atoms with Crippen molar-refractivity contribution in [3.8, 4) is 0 Å². The van der Waals surface area contributed by atoms with Crippen LogP contribution in [0.25, 0.3) is 0 Å². The lowest BCUT2D eigenvalue weighted by molar-refractivity contribution is 0.0958. The molecule has 1 atom stereocenters. The molecule has 1 amide bonds. The SMILES string of the molecule is C=CCNC(=O)c1ccc(C(C)CC)cc1. The summed E-state index contributed by atoms with van der Waals surface area (Å²) in [5.41, 5.74) is 1.98. The summed E-state index contributed by atoms with van der Waals surface area (Å²) in [7, 11) is 0. The molecule has 0 fully saturated rings. The monoisotopic (exact) mass is 217 g/mol. The number of benzene rings is 1. The standard InChI is InChI=1S/C14H19NO/c1-4-10-15-14(16)13-8-6-12(7-9-13)11(3)5-2/h4,6-9,11H,1,5,10H2,2-3H3,(H,15,16). The van der Waals surface area contributed by atoms with Gasteiger partial charge in [-0.05, 0) is 30.0 Å². The first-order chi connectivity index (χ1) is 7.69. The number of nitrogens with one attached hydrogen (secondary N) is 1. The molecule has 16 heavy (non-hydrogen) atoms. The van der Waals surface area contributed by atoms with Crippen LogP contribution in [0.4, 0.5) is 0 Å². The first-order valence-corrected chi connectivity index (χ1v) is 5.68. The molecule has 1 aromatic rings. The normalized spacial score (nSPS) is 11.9. The van der Waals surface area contributed by atoms with Crippen molar-refractivity contribution in [2.45, 2.75) is 26.2 Å². The van der Waals surface area contributed by atoms with Crippen molar-refractivity contribution in [2.75, 3.05) is 6.54 Å². The van der Waals surface area contributed by atoms with Crippen LogP contribution < -0.4 is 5.32 Å². The summed E-state index contributed by atoms with van der Waals surface area (Å²) in [5, 5.41) is 2.75. The highest BCUT2D eigenvalue weighted by atomic mass is 16.1. The molecule has 0 saturated heterocycles. The third kappa shape index (κ3) is 3.23. The second-order valence-electron chi connectivity index (χ2n) is 3.93.